The van der Waals surface area contributed by atoms with Crippen LogP contribution in [-0.4, -0.2) is 17.0 Å². The fourth-order valence-electron chi connectivity index (χ4n) is 1.57. The van der Waals surface area contributed by atoms with Gasteiger partial charge in [-0.05, 0) is 12.1 Å². The van der Waals surface area contributed by atoms with Gasteiger partial charge in [-0.2, -0.15) is 0 Å². The lowest BCUT2D eigenvalue weighted by molar-refractivity contribution is 0.926. The second-order valence-electron chi connectivity index (χ2n) is 3.71. The van der Waals surface area contributed by atoms with Crippen LogP contribution < -0.4 is 4.90 Å². The SMILES string of the molecule is CCc1nc(Cl)cc(N(C)c2ccccc2)n1. The van der Waals surface area contributed by atoms with Crippen molar-refractivity contribution >= 4 is 23.1 Å². The molecule has 0 amide bonds. The van der Waals surface area contributed by atoms with Crippen molar-refractivity contribution in [2.75, 3.05) is 11.9 Å². The van der Waals surface area contributed by atoms with Gasteiger partial charge in [0.25, 0.3) is 0 Å². The fraction of sp³-hybridized carbons (Fsp3) is 0.231. The average molecular weight is 248 g/mol. The molecule has 17 heavy (non-hydrogen) atoms. The zero-order valence-electron chi connectivity index (χ0n) is 9.89. The van der Waals surface area contributed by atoms with Gasteiger partial charge in [-0.1, -0.05) is 36.7 Å². The molecule has 88 valence electrons. The van der Waals surface area contributed by atoms with Crippen LogP contribution in [0.4, 0.5) is 11.5 Å². The van der Waals surface area contributed by atoms with E-state index in [0.717, 1.165) is 23.8 Å². The van der Waals surface area contributed by atoms with E-state index in [1.807, 2.05) is 49.2 Å². The molecule has 0 aliphatic rings. The number of hydrogen-bond acceptors (Lipinski definition) is 3. The normalized spacial score (nSPS) is 10.3. The summed E-state index contributed by atoms with van der Waals surface area (Å²) in [6, 6.07) is 11.8. The van der Waals surface area contributed by atoms with Crippen LogP contribution in [-0.2, 0) is 6.42 Å². The average Bonchev–Trinajstić information content (AvgIpc) is 2.38. The molecule has 0 fully saturated rings. The number of aryl methyl sites for hydroxylation is 1. The number of benzene rings is 1. The van der Waals surface area contributed by atoms with Gasteiger partial charge in [0.15, 0.2) is 0 Å². The van der Waals surface area contributed by atoms with Gasteiger partial charge in [0.1, 0.15) is 16.8 Å². The zero-order chi connectivity index (χ0) is 12.3. The van der Waals surface area contributed by atoms with Crippen LogP contribution in [0.15, 0.2) is 36.4 Å². The summed E-state index contributed by atoms with van der Waals surface area (Å²) in [6.45, 7) is 2.01. The first-order valence-corrected chi connectivity index (χ1v) is 5.90. The first-order valence-electron chi connectivity index (χ1n) is 5.53. The molecule has 1 aromatic heterocycles. The maximum absolute atomic E-state index is 5.98. The van der Waals surface area contributed by atoms with Gasteiger partial charge in [-0.15, -0.1) is 0 Å². The maximum atomic E-state index is 5.98. The van der Waals surface area contributed by atoms with Gasteiger partial charge < -0.3 is 4.90 Å². The lowest BCUT2D eigenvalue weighted by atomic mass is 10.3. The summed E-state index contributed by atoms with van der Waals surface area (Å²) in [5.74, 6) is 1.57. The first-order chi connectivity index (χ1) is 8.20. The van der Waals surface area contributed by atoms with E-state index in [1.54, 1.807) is 6.07 Å². The summed E-state index contributed by atoms with van der Waals surface area (Å²) < 4.78 is 0. The van der Waals surface area contributed by atoms with E-state index in [9.17, 15) is 0 Å². The Bertz CT molecular complexity index is 499. The Labute approximate surface area is 106 Å². The molecule has 0 bridgehead atoms. The van der Waals surface area contributed by atoms with E-state index in [0.29, 0.717) is 5.15 Å². The molecule has 0 radical (unpaired) electrons. The molecule has 1 aromatic carbocycles. The number of halogens is 1. The van der Waals surface area contributed by atoms with E-state index in [4.69, 9.17) is 11.6 Å². The summed E-state index contributed by atoms with van der Waals surface area (Å²) in [4.78, 5) is 10.6. The van der Waals surface area contributed by atoms with Crippen molar-refractivity contribution < 1.29 is 0 Å². The summed E-state index contributed by atoms with van der Waals surface area (Å²) in [6.07, 6.45) is 0.774. The van der Waals surface area contributed by atoms with Gasteiger partial charge in [0.05, 0.1) is 0 Å². The third-order valence-corrected chi connectivity index (χ3v) is 2.72. The van der Waals surface area contributed by atoms with Crippen LogP contribution in [0.3, 0.4) is 0 Å². The van der Waals surface area contributed by atoms with E-state index < -0.39 is 0 Å². The minimum Gasteiger partial charge on any atom is -0.329 e. The van der Waals surface area contributed by atoms with Crippen LogP contribution in [0.2, 0.25) is 5.15 Å². The van der Waals surface area contributed by atoms with Gasteiger partial charge in [-0.25, -0.2) is 9.97 Å². The van der Waals surface area contributed by atoms with Crippen LogP contribution in [0.25, 0.3) is 0 Å². The van der Waals surface area contributed by atoms with Crippen LogP contribution >= 0.6 is 11.6 Å². The number of para-hydroxylation sites is 1. The summed E-state index contributed by atoms with van der Waals surface area (Å²) >= 11 is 5.98. The molecule has 2 rings (SSSR count). The first kappa shape index (κ1) is 11.9. The van der Waals surface area contributed by atoms with E-state index in [-0.39, 0.29) is 0 Å². The molecule has 0 saturated heterocycles. The van der Waals surface area contributed by atoms with Crippen molar-refractivity contribution in [3.63, 3.8) is 0 Å². The number of anilines is 2. The smallest absolute Gasteiger partial charge is 0.137 e. The van der Waals surface area contributed by atoms with E-state index >= 15 is 0 Å². The number of nitrogens with zero attached hydrogens (tertiary/aromatic N) is 3. The Balaban J connectivity index is 2.37. The summed E-state index contributed by atoms with van der Waals surface area (Å²) in [7, 11) is 1.97. The predicted octanol–water partition coefficient (Wildman–Crippen LogP) is 3.46. The van der Waals surface area contributed by atoms with Crippen molar-refractivity contribution in [1.29, 1.82) is 0 Å². The summed E-state index contributed by atoms with van der Waals surface area (Å²) in [5.41, 5.74) is 1.07. The third-order valence-electron chi connectivity index (χ3n) is 2.53. The lowest BCUT2D eigenvalue weighted by Crippen LogP contribution is -2.12. The largest absolute Gasteiger partial charge is 0.329 e. The molecule has 2 aromatic rings. The zero-order valence-corrected chi connectivity index (χ0v) is 10.6. The van der Waals surface area contributed by atoms with Crippen molar-refractivity contribution in [2.45, 2.75) is 13.3 Å². The Morgan fingerprint density at radius 3 is 2.53 bits per heavy atom. The van der Waals surface area contributed by atoms with Gasteiger partial charge in [-0.3, -0.25) is 0 Å². The van der Waals surface area contributed by atoms with Gasteiger partial charge in [0, 0.05) is 25.2 Å². The molecular formula is C13H14ClN3. The highest BCUT2D eigenvalue weighted by Crippen LogP contribution is 2.23. The quantitative estimate of drug-likeness (QED) is 0.778. The fourth-order valence-corrected chi connectivity index (χ4v) is 1.76. The van der Waals surface area contributed by atoms with Crippen molar-refractivity contribution in [2.24, 2.45) is 0 Å². The highest BCUT2D eigenvalue weighted by atomic mass is 35.5. The number of hydrogen-bond donors (Lipinski definition) is 0. The molecule has 0 atom stereocenters. The van der Waals surface area contributed by atoms with Crippen LogP contribution in [0.1, 0.15) is 12.7 Å². The van der Waals surface area contributed by atoms with Crippen LogP contribution in [0, 0.1) is 0 Å². The molecule has 0 saturated carbocycles. The monoisotopic (exact) mass is 247 g/mol. The third kappa shape index (κ3) is 2.74. The molecule has 0 unspecified atom stereocenters. The second kappa shape index (κ2) is 5.15. The molecule has 0 aliphatic carbocycles. The molecule has 1 heterocycles. The molecule has 0 N–H and O–H groups in total. The van der Waals surface area contributed by atoms with Gasteiger partial charge >= 0.3 is 0 Å². The van der Waals surface area contributed by atoms with Crippen molar-refractivity contribution in [1.82, 2.24) is 9.97 Å². The second-order valence-corrected chi connectivity index (χ2v) is 4.10. The standard InChI is InChI=1S/C13H14ClN3/c1-3-12-15-11(14)9-13(16-12)17(2)10-7-5-4-6-8-10/h4-9H,3H2,1-2H3. The molecule has 0 aliphatic heterocycles. The van der Waals surface area contributed by atoms with E-state index in [1.165, 1.54) is 0 Å². The maximum Gasteiger partial charge on any atom is 0.137 e. The highest BCUT2D eigenvalue weighted by Gasteiger charge is 2.08. The van der Waals surface area contributed by atoms with E-state index in [2.05, 4.69) is 9.97 Å². The van der Waals surface area contributed by atoms with Crippen molar-refractivity contribution in [3.8, 4) is 0 Å². The minimum atomic E-state index is 0.481. The molecule has 4 heteroatoms. The molecular weight excluding hydrogens is 234 g/mol. The number of rotatable bonds is 3. The predicted molar refractivity (Wildman–Crippen MR) is 70.9 cm³/mol. The lowest BCUT2D eigenvalue weighted by Gasteiger charge is -2.18. The molecule has 0 spiro atoms. The topological polar surface area (TPSA) is 29.0 Å². The number of aromatic nitrogens is 2. The summed E-state index contributed by atoms with van der Waals surface area (Å²) in [5, 5.41) is 0.481. The Kier molecular flexibility index (Phi) is 3.59. The van der Waals surface area contributed by atoms with Crippen LogP contribution in [0.5, 0.6) is 0 Å². The Morgan fingerprint density at radius 1 is 1.18 bits per heavy atom. The van der Waals surface area contributed by atoms with Crippen molar-refractivity contribution in [3.05, 3.63) is 47.4 Å². The Morgan fingerprint density at radius 2 is 1.88 bits per heavy atom. The minimum absolute atomic E-state index is 0.481. The van der Waals surface area contributed by atoms with Gasteiger partial charge in [0.2, 0.25) is 0 Å². The molecule has 3 nitrogen and oxygen atoms in total. The Hall–Kier alpha value is -1.61. The highest BCUT2D eigenvalue weighted by molar-refractivity contribution is 6.29.